The van der Waals surface area contributed by atoms with Gasteiger partial charge >= 0.3 is 0 Å². The molecule has 2 nitrogen and oxygen atoms in total. The Hall–Kier alpha value is -1.02. The van der Waals surface area contributed by atoms with Crippen molar-refractivity contribution in [3.05, 3.63) is 29.8 Å². The maximum absolute atomic E-state index is 6.01. The van der Waals surface area contributed by atoms with E-state index in [1.165, 1.54) is 37.9 Å². The molecule has 0 aliphatic carbocycles. The van der Waals surface area contributed by atoms with E-state index < -0.39 is 0 Å². The zero-order chi connectivity index (χ0) is 13.7. The van der Waals surface area contributed by atoms with Crippen LogP contribution in [-0.4, -0.2) is 24.5 Å². The van der Waals surface area contributed by atoms with Gasteiger partial charge < -0.3 is 10.6 Å². The standard InChI is InChI=1S/C17H28N2/c1-14(2)15-7-5-11-19(12-9-15)13-10-16-6-3-4-8-17(16)18/h3-4,6,8,14-15H,5,7,9-13,18H2,1-2H3. The van der Waals surface area contributed by atoms with Crippen LogP contribution in [0.4, 0.5) is 5.69 Å². The van der Waals surface area contributed by atoms with Crippen molar-refractivity contribution in [2.75, 3.05) is 25.4 Å². The second-order valence-corrected chi connectivity index (χ2v) is 6.23. The highest BCUT2D eigenvalue weighted by Crippen LogP contribution is 2.24. The highest BCUT2D eigenvalue weighted by atomic mass is 15.1. The van der Waals surface area contributed by atoms with Crippen LogP contribution in [-0.2, 0) is 6.42 Å². The fraction of sp³-hybridized carbons (Fsp3) is 0.647. The number of rotatable bonds is 4. The predicted octanol–water partition coefficient (Wildman–Crippen LogP) is 3.57. The number of hydrogen-bond acceptors (Lipinski definition) is 2. The first-order valence-electron chi connectivity index (χ1n) is 7.72. The van der Waals surface area contributed by atoms with E-state index in [9.17, 15) is 0 Å². The molecule has 19 heavy (non-hydrogen) atoms. The Bertz CT molecular complexity index is 387. The fourth-order valence-electron chi connectivity index (χ4n) is 3.11. The average Bonchev–Trinajstić information content (AvgIpc) is 2.63. The highest BCUT2D eigenvalue weighted by molar-refractivity contribution is 5.46. The van der Waals surface area contributed by atoms with Gasteiger partial charge in [-0.1, -0.05) is 32.0 Å². The molecule has 1 saturated heterocycles. The second kappa shape index (κ2) is 6.95. The normalized spacial score (nSPS) is 21.5. The summed E-state index contributed by atoms with van der Waals surface area (Å²) in [5.41, 5.74) is 8.25. The molecule has 1 aliphatic heterocycles. The summed E-state index contributed by atoms with van der Waals surface area (Å²) in [5, 5.41) is 0. The lowest BCUT2D eigenvalue weighted by Gasteiger charge is -2.21. The van der Waals surface area contributed by atoms with Crippen LogP contribution in [0.2, 0.25) is 0 Å². The van der Waals surface area contributed by atoms with Crippen LogP contribution < -0.4 is 5.73 Å². The van der Waals surface area contributed by atoms with Gasteiger partial charge in [0.05, 0.1) is 0 Å². The van der Waals surface area contributed by atoms with Gasteiger partial charge in [0.1, 0.15) is 0 Å². The Kier molecular flexibility index (Phi) is 5.26. The van der Waals surface area contributed by atoms with E-state index in [1.807, 2.05) is 12.1 Å². The molecule has 1 aromatic carbocycles. The SMILES string of the molecule is CC(C)C1CCCN(CCc2ccccc2N)CC1. The number of benzene rings is 1. The van der Waals surface area contributed by atoms with Gasteiger partial charge in [0.25, 0.3) is 0 Å². The number of likely N-dealkylation sites (tertiary alicyclic amines) is 1. The van der Waals surface area contributed by atoms with Crippen LogP contribution in [0.15, 0.2) is 24.3 Å². The maximum Gasteiger partial charge on any atom is 0.0347 e. The minimum atomic E-state index is 0.838. The van der Waals surface area contributed by atoms with E-state index in [2.05, 4.69) is 30.9 Å². The maximum atomic E-state index is 6.01. The number of nitrogens with zero attached hydrogens (tertiary/aromatic N) is 1. The summed E-state index contributed by atoms with van der Waals surface area (Å²) in [6, 6.07) is 8.26. The lowest BCUT2D eigenvalue weighted by Crippen LogP contribution is -2.27. The number of nitrogen functional groups attached to an aromatic ring is 1. The van der Waals surface area contributed by atoms with E-state index in [1.54, 1.807) is 0 Å². The third kappa shape index (κ3) is 4.24. The van der Waals surface area contributed by atoms with Gasteiger partial charge in [-0.25, -0.2) is 0 Å². The largest absolute Gasteiger partial charge is 0.399 e. The minimum Gasteiger partial charge on any atom is -0.399 e. The lowest BCUT2D eigenvalue weighted by atomic mass is 9.89. The van der Waals surface area contributed by atoms with E-state index >= 15 is 0 Å². The third-order valence-electron chi connectivity index (χ3n) is 4.56. The van der Waals surface area contributed by atoms with E-state index in [0.29, 0.717) is 0 Å². The monoisotopic (exact) mass is 260 g/mol. The Balaban J connectivity index is 1.82. The van der Waals surface area contributed by atoms with Crippen molar-refractivity contribution >= 4 is 5.69 Å². The molecule has 0 bridgehead atoms. The lowest BCUT2D eigenvalue weighted by molar-refractivity contribution is 0.275. The van der Waals surface area contributed by atoms with Gasteiger partial charge in [-0.3, -0.25) is 0 Å². The van der Waals surface area contributed by atoms with Gasteiger partial charge in [-0.2, -0.15) is 0 Å². The zero-order valence-electron chi connectivity index (χ0n) is 12.4. The van der Waals surface area contributed by atoms with Crippen molar-refractivity contribution in [3.8, 4) is 0 Å². The van der Waals surface area contributed by atoms with E-state index in [0.717, 1.165) is 30.5 Å². The fourth-order valence-corrected chi connectivity index (χ4v) is 3.11. The number of nitrogens with two attached hydrogens (primary N) is 1. The molecular formula is C17H28N2. The molecule has 0 radical (unpaired) electrons. The van der Waals surface area contributed by atoms with Gasteiger partial charge in [0.15, 0.2) is 0 Å². The molecule has 1 heterocycles. The molecule has 0 aromatic heterocycles. The second-order valence-electron chi connectivity index (χ2n) is 6.23. The Morgan fingerprint density at radius 3 is 2.74 bits per heavy atom. The van der Waals surface area contributed by atoms with Crippen molar-refractivity contribution in [1.29, 1.82) is 0 Å². The van der Waals surface area contributed by atoms with Gasteiger partial charge in [-0.15, -0.1) is 0 Å². The number of anilines is 1. The molecule has 1 fully saturated rings. The minimum absolute atomic E-state index is 0.838. The Labute approximate surface area is 118 Å². The van der Waals surface area contributed by atoms with Gasteiger partial charge in [0, 0.05) is 12.2 Å². The van der Waals surface area contributed by atoms with Crippen molar-refractivity contribution in [1.82, 2.24) is 4.90 Å². The van der Waals surface area contributed by atoms with Crippen molar-refractivity contribution in [2.45, 2.75) is 39.5 Å². The summed E-state index contributed by atoms with van der Waals surface area (Å²) in [7, 11) is 0. The molecule has 0 amide bonds. The highest BCUT2D eigenvalue weighted by Gasteiger charge is 2.19. The number of hydrogen-bond donors (Lipinski definition) is 1. The quantitative estimate of drug-likeness (QED) is 0.839. The first kappa shape index (κ1) is 14.4. The summed E-state index contributed by atoms with van der Waals surface area (Å²) < 4.78 is 0. The van der Waals surface area contributed by atoms with Crippen LogP contribution in [0, 0.1) is 11.8 Å². The van der Waals surface area contributed by atoms with Crippen LogP contribution >= 0.6 is 0 Å². The Morgan fingerprint density at radius 1 is 1.21 bits per heavy atom. The van der Waals surface area contributed by atoms with Gasteiger partial charge in [0.2, 0.25) is 0 Å². The molecule has 1 aromatic rings. The molecule has 1 unspecified atom stereocenters. The smallest absolute Gasteiger partial charge is 0.0347 e. The van der Waals surface area contributed by atoms with E-state index in [4.69, 9.17) is 5.73 Å². The third-order valence-corrected chi connectivity index (χ3v) is 4.56. The topological polar surface area (TPSA) is 29.3 Å². The van der Waals surface area contributed by atoms with Crippen LogP contribution in [0.3, 0.4) is 0 Å². The number of para-hydroxylation sites is 1. The summed E-state index contributed by atoms with van der Waals surface area (Å²) in [4.78, 5) is 2.62. The summed E-state index contributed by atoms with van der Waals surface area (Å²) in [6.07, 6.45) is 5.20. The Morgan fingerprint density at radius 2 is 2.00 bits per heavy atom. The summed E-state index contributed by atoms with van der Waals surface area (Å²) in [5.74, 6) is 1.76. The van der Waals surface area contributed by atoms with Crippen LogP contribution in [0.25, 0.3) is 0 Å². The molecule has 1 atom stereocenters. The molecule has 0 saturated carbocycles. The molecular weight excluding hydrogens is 232 g/mol. The molecule has 106 valence electrons. The van der Waals surface area contributed by atoms with E-state index in [-0.39, 0.29) is 0 Å². The van der Waals surface area contributed by atoms with Crippen LogP contribution in [0.5, 0.6) is 0 Å². The molecule has 2 rings (SSSR count). The van der Waals surface area contributed by atoms with Gasteiger partial charge in [-0.05, 0) is 62.2 Å². The van der Waals surface area contributed by atoms with Crippen LogP contribution in [0.1, 0.15) is 38.7 Å². The molecule has 2 heteroatoms. The molecule has 2 N–H and O–H groups in total. The zero-order valence-corrected chi connectivity index (χ0v) is 12.4. The summed E-state index contributed by atoms with van der Waals surface area (Å²) >= 11 is 0. The van der Waals surface area contributed by atoms with Crippen molar-refractivity contribution < 1.29 is 0 Å². The average molecular weight is 260 g/mol. The predicted molar refractivity (Wildman–Crippen MR) is 83.2 cm³/mol. The summed E-state index contributed by atoms with van der Waals surface area (Å²) in [6.45, 7) is 8.40. The first-order chi connectivity index (χ1) is 9.16. The van der Waals surface area contributed by atoms with Crippen molar-refractivity contribution in [3.63, 3.8) is 0 Å². The first-order valence-corrected chi connectivity index (χ1v) is 7.72. The molecule has 1 aliphatic rings. The van der Waals surface area contributed by atoms with Crippen molar-refractivity contribution in [2.24, 2.45) is 11.8 Å². The molecule has 0 spiro atoms.